The second kappa shape index (κ2) is 5.90. The third-order valence-electron chi connectivity index (χ3n) is 4.34. The van der Waals surface area contributed by atoms with Crippen LogP contribution in [0.25, 0.3) is 16.8 Å². The first kappa shape index (κ1) is 14.1. The quantitative estimate of drug-likeness (QED) is 0.694. The van der Waals surface area contributed by atoms with Gasteiger partial charge in [-0.15, -0.1) is 0 Å². The monoisotopic (exact) mass is 284 g/mol. The van der Waals surface area contributed by atoms with E-state index in [9.17, 15) is 0 Å². The third kappa shape index (κ3) is 2.44. The van der Waals surface area contributed by atoms with Crippen molar-refractivity contribution in [3.05, 3.63) is 36.2 Å². The molecule has 3 aromatic rings. The van der Waals surface area contributed by atoms with Crippen LogP contribution in [0.3, 0.4) is 0 Å². The van der Waals surface area contributed by atoms with Gasteiger partial charge in [-0.25, -0.2) is 4.98 Å². The van der Waals surface area contributed by atoms with Crippen LogP contribution >= 0.6 is 0 Å². The summed E-state index contributed by atoms with van der Waals surface area (Å²) in [5.74, 6) is 1.07. The summed E-state index contributed by atoms with van der Waals surface area (Å²) in [5, 5.41) is 0. The zero-order valence-electron chi connectivity index (χ0n) is 13.2. The van der Waals surface area contributed by atoms with Gasteiger partial charge in [-0.2, -0.15) is 0 Å². The van der Waals surface area contributed by atoms with Crippen molar-refractivity contribution >= 4 is 16.8 Å². The van der Waals surface area contributed by atoms with Gasteiger partial charge in [0.1, 0.15) is 0 Å². The largest absolute Gasteiger partial charge is 0.313 e. The molecular weight excluding hydrogens is 260 g/mol. The van der Waals surface area contributed by atoms with Crippen LogP contribution < -0.4 is 0 Å². The SMILES string of the molecule is CCc1cn2c3ccccc3nc2n1CCN(CC)CC. The number of para-hydroxylation sites is 2. The normalized spacial score (nSPS) is 12.0. The van der Waals surface area contributed by atoms with Gasteiger partial charge in [0.15, 0.2) is 0 Å². The number of imidazole rings is 2. The molecule has 4 heteroatoms. The van der Waals surface area contributed by atoms with E-state index < -0.39 is 0 Å². The summed E-state index contributed by atoms with van der Waals surface area (Å²) in [6, 6.07) is 8.36. The van der Waals surface area contributed by atoms with Gasteiger partial charge in [0, 0.05) is 25.0 Å². The van der Waals surface area contributed by atoms with E-state index in [2.05, 4.69) is 65.1 Å². The minimum absolute atomic E-state index is 1.00. The number of nitrogens with zero attached hydrogens (tertiary/aromatic N) is 4. The molecule has 21 heavy (non-hydrogen) atoms. The van der Waals surface area contributed by atoms with Gasteiger partial charge in [-0.3, -0.25) is 4.40 Å². The van der Waals surface area contributed by atoms with Crippen LogP contribution in [0.15, 0.2) is 30.5 Å². The smallest absolute Gasteiger partial charge is 0.215 e. The molecule has 0 aliphatic rings. The van der Waals surface area contributed by atoms with E-state index in [0.29, 0.717) is 0 Å². The van der Waals surface area contributed by atoms with Gasteiger partial charge in [0.2, 0.25) is 5.78 Å². The van der Waals surface area contributed by atoms with Crippen molar-refractivity contribution in [2.75, 3.05) is 19.6 Å². The number of aromatic nitrogens is 3. The van der Waals surface area contributed by atoms with Crippen molar-refractivity contribution in [3.63, 3.8) is 0 Å². The Kier molecular flexibility index (Phi) is 3.97. The molecule has 0 aliphatic carbocycles. The van der Waals surface area contributed by atoms with Crippen molar-refractivity contribution in [1.82, 2.24) is 18.9 Å². The molecule has 0 bridgehead atoms. The Morgan fingerprint density at radius 3 is 2.57 bits per heavy atom. The molecule has 0 radical (unpaired) electrons. The van der Waals surface area contributed by atoms with E-state index in [-0.39, 0.29) is 0 Å². The Balaban J connectivity index is 2.02. The van der Waals surface area contributed by atoms with Crippen LogP contribution in [0, 0.1) is 0 Å². The minimum atomic E-state index is 1.00. The number of benzene rings is 1. The van der Waals surface area contributed by atoms with E-state index in [1.54, 1.807) is 0 Å². The van der Waals surface area contributed by atoms with E-state index in [1.807, 2.05) is 0 Å². The molecule has 0 N–H and O–H groups in total. The Morgan fingerprint density at radius 2 is 1.86 bits per heavy atom. The van der Waals surface area contributed by atoms with E-state index in [1.165, 1.54) is 11.2 Å². The maximum absolute atomic E-state index is 4.82. The minimum Gasteiger partial charge on any atom is -0.313 e. The Labute approximate surface area is 126 Å². The van der Waals surface area contributed by atoms with Gasteiger partial charge in [0.25, 0.3) is 0 Å². The highest BCUT2D eigenvalue weighted by Crippen LogP contribution is 2.20. The van der Waals surface area contributed by atoms with E-state index >= 15 is 0 Å². The summed E-state index contributed by atoms with van der Waals surface area (Å²) in [7, 11) is 0. The highest BCUT2D eigenvalue weighted by atomic mass is 15.2. The average molecular weight is 284 g/mol. The highest BCUT2D eigenvalue weighted by Gasteiger charge is 2.13. The number of rotatable bonds is 6. The summed E-state index contributed by atoms with van der Waals surface area (Å²) < 4.78 is 4.61. The summed E-state index contributed by atoms with van der Waals surface area (Å²) in [4.78, 5) is 7.28. The molecule has 2 aromatic heterocycles. The molecule has 0 unspecified atom stereocenters. The van der Waals surface area contributed by atoms with E-state index in [4.69, 9.17) is 4.98 Å². The molecule has 0 fully saturated rings. The first-order valence-electron chi connectivity index (χ1n) is 7.96. The predicted octanol–water partition coefficient (Wildman–Crippen LogP) is 3.19. The summed E-state index contributed by atoms with van der Waals surface area (Å²) in [5.41, 5.74) is 3.63. The fourth-order valence-corrected chi connectivity index (χ4v) is 3.00. The van der Waals surface area contributed by atoms with Crippen molar-refractivity contribution in [2.45, 2.75) is 33.7 Å². The predicted molar refractivity (Wildman–Crippen MR) is 87.9 cm³/mol. The van der Waals surface area contributed by atoms with Gasteiger partial charge < -0.3 is 9.47 Å². The van der Waals surface area contributed by atoms with Gasteiger partial charge in [0.05, 0.1) is 11.0 Å². The molecule has 112 valence electrons. The van der Waals surface area contributed by atoms with Gasteiger partial charge in [-0.05, 0) is 31.6 Å². The van der Waals surface area contributed by atoms with E-state index in [0.717, 1.165) is 43.9 Å². The Morgan fingerprint density at radius 1 is 1.10 bits per heavy atom. The zero-order chi connectivity index (χ0) is 14.8. The average Bonchev–Trinajstić information content (AvgIpc) is 3.04. The van der Waals surface area contributed by atoms with Gasteiger partial charge >= 0.3 is 0 Å². The Hall–Kier alpha value is -1.81. The highest BCUT2D eigenvalue weighted by molar-refractivity contribution is 5.79. The summed E-state index contributed by atoms with van der Waals surface area (Å²) in [6.45, 7) is 10.9. The number of fused-ring (bicyclic) bond motifs is 3. The fourth-order valence-electron chi connectivity index (χ4n) is 3.00. The van der Waals surface area contributed by atoms with Crippen molar-refractivity contribution in [1.29, 1.82) is 0 Å². The third-order valence-corrected chi connectivity index (χ3v) is 4.34. The first-order valence-corrected chi connectivity index (χ1v) is 7.96. The second-order valence-corrected chi connectivity index (χ2v) is 5.42. The van der Waals surface area contributed by atoms with Crippen LogP contribution in [-0.4, -0.2) is 38.5 Å². The maximum atomic E-state index is 4.82. The van der Waals surface area contributed by atoms with Crippen LogP contribution in [0.4, 0.5) is 0 Å². The maximum Gasteiger partial charge on any atom is 0.215 e. The molecular formula is C17H24N4. The molecule has 4 nitrogen and oxygen atoms in total. The lowest BCUT2D eigenvalue weighted by Gasteiger charge is -2.18. The number of hydrogen-bond donors (Lipinski definition) is 0. The molecule has 0 saturated carbocycles. The number of aryl methyl sites for hydroxylation is 1. The van der Waals surface area contributed by atoms with Crippen molar-refractivity contribution in [2.24, 2.45) is 0 Å². The lowest BCUT2D eigenvalue weighted by atomic mass is 10.3. The Bertz CT molecular complexity index is 734. The van der Waals surface area contributed by atoms with Crippen LogP contribution in [-0.2, 0) is 13.0 Å². The van der Waals surface area contributed by atoms with Gasteiger partial charge in [-0.1, -0.05) is 32.9 Å². The van der Waals surface area contributed by atoms with Crippen molar-refractivity contribution in [3.8, 4) is 0 Å². The molecule has 0 atom stereocenters. The molecule has 2 heterocycles. The van der Waals surface area contributed by atoms with Crippen LogP contribution in [0.2, 0.25) is 0 Å². The number of likely N-dealkylation sites (N-methyl/N-ethyl adjacent to an activating group) is 1. The second-order valence-electron chi connectivity index (χ2n) is 5.42. The molecule has 0 aliphatic heterocycles. The standard InChI is InChI=1S/C17H24N4/c1-4-14-13-21-16-10-8-7-9-15(16)18-17(21)20(14)12-11-19(5-2)6-3/h7-10,13H,4-6,11-12H2,1-3H3. The lowest BCUT2D eigenvalue weighted by molar-refractivity contribution is 0.290. The molecule has 0 amide bonds. The molecule has 0 saturated heterocycles. The topological polar surface area (TPSA) is 25.5 Å². The van der Waals surface area contributed by atoms with Crippen molar-refractivity contribution < 1.29 is 0 Å². The van der Waals surface area contributed by atoms with Crippen LogP contribution in [0.5, 0.6) is 0 Å². The zero-order valence-corrected chi connectivity index (χ0v) is 13.2. The summed E-state index contributed by atoms with van der Waals surface area (Å²) in [6.07, 6.45) is 3.28. The first-order chi connectivity index (χ1) is 10.3. The molecule has 3 rings (SSSR count). The fraction of sp³-hybridized carbons (Fsp3) is 0.471. The molecule has 0 spiro atoms. The summed E-state index contributed by atoms with van der Waals surface area (Å²) >= 11 is 0. The molecule has 1 aromatic carbocycles. The number of hydrogen-bond acceptors (Lipinski definition) is 2. The lowest BCUT2D eigenvalue weighted by Crippen LogP contribution is -2.27. The van der Waals surface area contributed by atoms with Crippen LogP contribution in [0.1, 0.15) is 26.5 Å².